The monoisotopic (exact) mass is 311 g/mol. The second kappa shape index (κ2) is 8.77. The first-order valence-corrected chi connectivity index (χ1v) is 8.23. The SMILES string of the molecule is COC(C)(C)CCC(CNCC(C)C)c1cccc(Cl)c1. The third-order valence-electron chi connectivity index (χ3n) is 3.91. The molecule has 1 aromatic carbocycles. The van der Waals surface area contributed by atoms with Crippen molar-refractivity contribution < 1.29 is 4.74 Å². The van der Waals surface area contributed by atoms with Gasteiger partial charge in [0.05, 0.1) is 5.60 Å². The second-order valence-corrected chi connectivity index (χ2v) is 7.24. The molecule has 0 spiro atoms. The van der Waals surface area contributed by atoms with Gasteiger partial charge in [0, 0.05) is 18.7 Å². The Morgan fingerprint density at radius 3 is 2.52 bits per heavy atom. The first-order valence-electron chi connectivity index (χ1n) is 7.85. The summed E-state index contributed by atoms with van der Waals surface area (Å²) in [6, 6.07) is 8.23. The van der Waals surface area contributed by atoms with Crippen LogP contribution in [0.2, 0.25) is 5.02 Å². The van der Waals surface area contributed by atoms with Crippen molar-refractivity contribution in [3.8, 4) is 0 Å². The maximum Gasteiger partial charge on any atom is 0.0623 e. The highest BCUT2D eigenvalue weighted by Gasteiger charge is 2.20. The van der Waals surface area contributed by atoms with Gasteiger partial charge in [0.2, 0.25) is 0 Å². The van der Waals surface area contributed by atoms with Gasteiger partial charge in [-0.1, -0.05) is 37.6 Å². The molecule has 0 heterocycles. The average Bonchev–Trinajstić information content (AvgIpc) is 2.42. The Morgan fingerprint density at radius 1 is 1.24 bits per heavy atom. The fourth-order valence-electron chi connectivity index (χ4n) is 2.32. The van der Waals surface area contributed by atoms with Gasteiger partial charge in [-0.05, 0) is 62.8 Å². The quantitative estimate of drug-likeness (QED) is 0.702. The van der Waals surface area contributed by atoms with Gasteiger partial charge in [-0.25, -0.2) is 0 Å². The predicted octanol–water partition coefficient (Wildman–Crippen LogP) is 4.87. The van der Waals surface area contributed by atoms with Crippen LogP contribution in [0.5, 0.6) is 0 Å². The van der Waals surface area contributed by atoms with Gasteiger partial charge >= 0.3 is 0 Å². The van der Waals surface area contributed by atoms with Gasteiger partial charge < -0.3 is 10.1 Å². The zero-order valence-electron chi connectivity index (χ0n) is 14.1. The van der Waals surface area contributed by atoms with E-state index in [4.69, 9.17) is 16.3 Å². The van der Waals surface area contributed by atoms with Gasteiger partial charge in [0.1, 0.15) is 0 Å². The number of hydrogen-bond donors (Lipinski definition) is 1. The van der Waals surface area contributed by atoms with Crippen molar-refractivity contribution in [1.29, 1.82) is 0 Å². The number of methoxy groups -OCH3 is 1. The molecule has 0 aliphatic heterocycles. The summed E-state index contributed by atoms with van der Waals surface area (Å²) in [5.41, 5.74) is 1.24. The van der Waals surface area contributed by atoms with E-state index in [2.05, 4.69) is 45.1 Å². The Balaban J connectivity index is 2.70. The molecule has 0 aliphatic rings. The van der Waals surface area contributed by atoms with Gasteiger partial charge in [0.25, 0.3) is 0 Å². The molecular formula is C18H30ClNO. The molecule has 0 saturated heterocycles. The van der Waals surface area contributed by atoms with Crippen molar-refractivity contribution in [2.75, 3.05) is 20.2 Å². The molecule has 1 atom stereocenters. The van der Waals surface area contributed by atoms with Crippen LogP contribution >= 0.6 is 11.6 Å². The third kappa shape index (κ3) is 7.30. The Hall–Kier alpha value is -0.570. The summed E-state index contributed by atoms with van der Waals surface area (Å²) in [6.07, 6.45) is 2.12. The van der Waals surface area contributed by atoms with Crippen LogP contribution < -0.4 is 5.32 Å². The van der Waals surface area contributed by atoms with E-state index < -0.39 is 0 Å². The van der Waals surface area contributed by atoms with Crippen LogP contribution in [-0.2, 0) is 4.74 Å². The maximum absolute atomic E-state index is 6.15. The maximum atomic E-state index is 6.15. The molecule has 120 valence electrons. The van der Waals surface area contributed by atoms with Crippen LogP contribution in [0.15, 0.2) is 24.3 Å². The molecule has 1 N–H and O–H groups in total. The number of nitrogens with one attached hydrogen (secondary N) is 1. The van der Waals surface area contributed by atoms with Crippen molar-refractivity contribution in [2.45, 2.75) is 52.1 Å². The molecule has 1 aromatic rings. The van der Waals surface area contributed by atoms with Crippen LogP contribution in [0.3, 0.4) is 0 Å². The molecule has 21 heavy (non-hydrogen) atoms. The molecule has 0 bridgehead atoms. The van der Waals surface area contributed by atoms with Gasteiger partial charge in [-0.2, -0.15) is 0 Å². The van der Waals surface area contributed by atoms with E-state index in [-0.39, 0.29) is 5.60 Å². The predicted molar refractivity (Wildman–Crippen MR) is 92.2 cm³/mol. The standard InChI is InChI=1S/C18H30ClNO/c1-14(2)12-20-13-16(9-10-18(3,4)21-5)15-7-6-8-17(19)11-15/h6-8,11,14,16,20H,9-10,12-13H2,1-5H3. The highest BCUT2D eigenvalue weighted by molar-refractivity contribution is 6.30. The van der Waals surface area contributed by atoms with Gasteiger partial charge in [-0.15, -0.1) is 0 Å². The van der Waals surface area contributed by atoms with Crippen LogP contribution in [0, 0.1) is 5.92 Å². The summed E-state index contributed by atoms with van der Waals surface area (Å²) in [5, 5.41) is 4.39. The average molecular weight is 312 g/mol. The lowest BCUT2D eigenvalue weighted by atomic mass is 9.89. The highest BCUT2D eigenvalue weighted by Crippen LogP contribution is 2.27. The summed E-state index contributed by atoms with van der Waals surface area (Å²) in [6.45, 7) is 10.8. The minimum atomic E-state index is -0.0745. The number of benzene rings is 1. The normalized spacial score (nSPS) is 13.7. The molecular weight excluding hydrogens is 282 g/mol. The summed E-state index contributed by atoms with van der Waals surface area (Å²) >= 11 is 6.15. The van der Waals surface area contributed by atoms with Crippen LogP contribution in [0.4, 0.5) is 0 Å². The van der Waals surface area contributed by atoms with E-state index in [1.54, 1.807) is 7.11 Å². The highest BCUT2D eigenvalue weighted by atomic mass is 35.5. The lowest BCUT2D eigenvalue weighted by molar-refractivity contribution is 0.0124. The van der Waals surface area contributed by atoms with Crippen LogP contribution in [-0.4, -0.2) is 25.8 Å². The molecule has 0 fully saturated rings. The Labute approximate surface area is 135 Å². The molecule has 1 rings (SSSR count). The molecule has 0 aliphatic carbocycles. The van der Waals surface area contributed by atoms with Crippen molar-refractivity contribution in [3.63, 3.8) is 0 Å². The first-order chi connectivity index (χ1) is 9.84. The Morgan fingerprint density at radius 2 is 1.95 bits per heavy atom. The smallest absolute Gasteiger partial charge is 0.0623 e. The largest absolute Gasteiger partial charge is 0.379 e. The minimum Gasteiger partial charge on any atom is -0.379 e. The van der Waals surface area contributed by atoms with E-state index in [0.29, 0.717) is 11.8 Å². The van der Waals surface area contributed by atoms with Gasteiger partial charge in [-0.3, -0.25) is 0 Å². The van der Waals surface area contributed by atoms with Crippen LogP contribution in [0.1, 0.15) is 52.0 Å². The minimum absolute atomic E-state index is 0.0745. The molecule has 2 nitrogen and oxygen atoms in total. The van der Waals surface area contributed by atoms with Crippen molar-refractivity contribution >= 4 is 11.6 Å². The fraction of sp³-hybridized carbons (Fsp3) is 0.667. The molecule has 0 aromatic heterocycles. The second-order valence-electron chi connectivity index (χ2n) is 6.81. The van der Waals surface area contributed by atoms with E-state index in [1.807, 2.05) is 12.1 Å². The van der Waals surface area contributed by atoms with E-state index >= 15 is 0 Å². The van der Waals surface area contributed by atoms with Crippen molar-refractivity contribution in [3.05, 3.63) is 34.9 Å². The zero-order chi connectivity index (χ0) is 15.9. The summed E-state index contributed by atoms with van der Waals surface area (Å²) in [5.74, 6) is 1.14. The van der Waals surface area contributed by atoms with E-state index in [1.165, 1.54) is 5.56 Å². The lowest BCUT2D eigenvalue weighted by Gasteiger charge is -2.26. The van der Waals surface area contributed by atoms with E-state index in [0.717, 1.165) is 31.0 Å². The third-order valence-corrected chi connectivity index (χ3v) is 4.15. The first kappa shape index (κ1) is 18.5. The fourth-order valence-corrected chi connectivity index (χ4v) is 2.52. The zero-order valence-corrected chi connectivity index (χ0v) is 14.8. The molecule has 0 saturated carbocycles. The van der Waals surface area contributed by atoms with Crippen molar-refractivity contribution in [2.24, 2.45) is 5.92 Å². The Kier molecular flexibility index (Phi) is 7.72. The number of rotatable bonds is 9. The molecule has 1 unspecified atom stereocenters. The molecule has 3 heteroatoms. The number of ether oxygens (including phenoxy) is 1. The summed E-state index contributed by atoms with van der Waals surface area (Å²) < 4.78 is 5.54. The van der Waals surface area contributed by atoms with E-state index in [9.17, 15) is 0 Å². The number of hydrogen-bond acceptors (Lipinski definition) is 2. The number of halogens is 1. The summed E-state index contributed by atoms with van der Waals surface area (Å²) in [4.78, 5) is 0. The lowest BCUT2D eigenvalue weighted by Crippen LogP contribution is -2.28. The molecule has 0 radical (unpaired) electrons. The van der Waals surface area contributed by atoms with Crippen molar-refractivity contribution in [1.82, 2.24) is 5.32 Å². The topological polar surface area (TPSA) is 21.3 Å². The van der Waals surface area contributed by atoms with Crippen LogP contribution in [0.25, 0.3) is 0 Å². The summed E-state index contributed by atoms with van der Waals surface area (Å²) in [7, 11) is 1.78. The Bertz CT molecular complexity index is 417. The molecule has 0 amide bonds. The van der Waals surface area contributed by atoms with Gasteiger partial charge in [0.15, 0.2) is 0 Å².